The predicted octanol–water partition coefficient (Wildman–Crippen LogP) is 4.54. The number of carbonyl (C=O) groups is 1. The van der Waals surface area contributed by atoms with Crippen LogP contribution in [-0.4, -0.2) is 65.6 Å². The third kappa shape index (κ3) is 5.63. The van der Waals surface area contributed by atoms with Crippen LogP contribution in [0.5, 0.6) is 0 Å². The maximum atomic E-state index is 13.6. The largest absolute Gasteiger partial charge is 0.392 e. The van der Waals surface area contributed by atoms with Crippen molar-refractivity contribution in [3.63, 3.8) is 0 Å². The van der Waals surface area contributed by atoms with Crippen molar-refractivity contribution in [2.24, 2.45) is 9.98 Å². The molecule has 0 aromatic heterocycles. The van der Waals surface area contributed by atoms with Crippen molar-refractivity contribution in [2.45, 2.75) is 25.5 Å². The summed E-state index contributed by atoms with van der Waals surface area (Å²) < 4.78 is 0. The van der Waals surface area contributed by atoms with Crippen molar-refractivity contribution in [3.05, 3.63) is 81.4 Å². The average Bonchev–Trinajstić information content (AvgIpc) is 3.10. The van der Waals surface area contributed by atoms with E-state index in [1.54, 1.807) is 24.3 Å². The highest BCUT2D eigenvalue weighted by atomic mass is 35.5. The van der Waals surface area contributed by atoms with E-state index in [9.17, 15) is 9.90 Å². The van der Waals surface area contributed by atoms with Crippen LogP contribution in [0.2, 0.25) is 10.0 Å². The van der Waals surface area contributed by atoms with Gasteiger partial charge < -0.3 is 10.4 Å². The molecule has 1 saturated heterocycles. The number of β-amino-alcohol motifs (C(OH)–C–C–N with tert-alkyl or cyclic N) is 1. The van der Waals surface area contributed by atoms with E-state index >= 15 is 0 Å². The number of amidine groups is 1. The Morgan fingerprint density at radius 1 is 1.16 bits per heavy atom. The van der Waals surface area contributed by atoms with Gasteiger partial charge in [-0.25, -0.2) is 4.99 Å². The normalized spacial score (nSPS) is 20.4. The predicted molar refractivity (Wildman–Crippen MR) is 147 cm³/mol. The number of aliphatic hydroxyl groups is 1. The Hall–Kier alpha value is -3.01. The maximum absolute atomic E-state index is 13.6. The van der Waals surface area contributed by atoms with Gasteiger partial charge in [0, 0.05) is 36.5 Å². The van der Waals surface area contributed by atoms with Gasteiger partial charge in [-0.05, 0) is 48.2 Å². The maximum Gasteiger partial charge on any atom is 0.284 e. The Morgan fingerprint density at radius 2 is 1.95 bits per heavy atom. The van der Waals surface area contributed by atoms with Crippen LogP contribution in [0.25, 0.3) is 5.57 Å². The molecule has 0 radical (unpaired) electrons. The molecule has 1 unspecified atom stereocenters. The van der Waals surface area contributed by atoms with Crippen molar-refractivity contribution < 1.29 is 14.7 Å². The van der Waals surface area contributed by atoms with E-state index in [1.165, 1.54) is 7.11 Å². The molecule has 2 N–H and O–H groups in total. The van der Waals surface area contributed by atoms with Gasteiger partial charge in [-0.15, -0.1) is 0 Å². The molecule has 0 saturated carbocycles. The monoisotopic (exact) mass is 539 g/mol. The van der Waals surface area contributed by atoms with Gasteiger partial charge in [-0.3, -0.25) is 14.5 Å². The molecule has 5 rings (SSSR count). The van der Waals surface area contributed by atoms with E-state index in [4.69, 9.17) is 33.0 Å². The fourth-order valence-electron chi connectivity index (χ4n) is 4.69. The number of nitrogens with zero attached hydrogens (tertiary/aromatic N) is 4. The van der Waals surface area contributed by atoms with Gasteiger partial charge in [0.1, 0.15) is 0 Å². The molecule has 0 spiro atoms. The summed E-state index contributed by atoms with van der Waals surface area (Å²) in [4.78, 5) is 30.6. The standard InChI is InChI=1S/C27H27Cl2N5O3/c1-37-34-25-18(8-9-21(26(34)36)24-22(28)6-3-7-23(24)29)10-12-30-27(32-25)31-19-5-2-4-17(14-19)15-33-13-11-20(35)16-33/h2-7,9-10,14,20,35H,8,11-13,15-16H2,1H3,(H,30,31). The molecule has 3 aliphatic heterocycles. The van der Waals surface area contributed by atoms with Crippen LogP contribution in [0.15, 0.2) is 70.2 Å². The summed E-state index contributed by atoms with van der Waals surface area (Å²) >= 11 is 12.8. The molecule has 0 bridgehead atoms. The Labute approximate surface area is 225 Å². The Balaban J connectivity index is 1.39. The van der Waals surface area contributed by atoms with E-state index in [0.717, 1.165) is 41.4 Å². The molecule has 1 atom stereocenters. The number of aliphatic hydroxyl groups excluding tert-OH is 1. The number of guanidine groups is 1. The zero-order valence-electron chi connectivity index (χ0n) is 20.3. The molecule has 1 amide bonds. The summed E-state index contributed by atoms with van der Waals surface area (Å²) in [6.07, 6.45) is 4.70. The minimum Gasteiger partial charge on any atom is -0.392 e. The summed E-state index contributed by atoms with van der Waals surface area (Å²) in [7, 11) is 1.42. The molecule has 8 nitrogen and oxygen atoms in total. The second-order valence-electron chi connectivity index (χ2n) is 9.03. The summed E-state index contributed by atoms with van der Waals surface area (Å²) in [6.45, 7) is 2.70. The Kier molecular flexibility index (Phi) is 7.73. The number of likely N-dealkylation sites (tertiary alicyclic amines) is 1. The SMILES string of the molecule is CON1C(=O)C(c2c(Cl)cccc2Cl)=CCC2=CCN=C(Nc3cccc(CN4CCC(O)C4)c3)N=C21. The molecule has 37 heavy (non-hydrogen) atoms. The number of nitrogens with one attached hydrogen (secondary N) is 1. The number of anilines is 1. The van der Waals surface area contributed by atoms with Crippen LogP contribution in [0.4, 0.5) is 5.69 Å². The number of benzene rings is 2. The first-order valence-electron chi connectivity index (χ1n) is 12.0. The van der Waals surface area contributed by atoms with Gasteiger partial charge in [-0.2, -0.15) is 10.1 Å². The van der Waals surface area contributed by atoms with E-state index in [2.05, 4.69) is 21.3 Å². The highest BCUT2D eigenvalue weighted by molar-refractivity contribution is 6.41. The lowest BCUT2D eigenvalue weighted by atomic mass is 10.0. The van der Waals surface area contributed by atoms with Crippen LogP contribution in [-0.2, 0) is 16.2 Å². The smallest absolute Gasteiger partial charge is 0.284 e. The van der Waals surface area contributed by atoms with Crippen molar-refractivity contribution in [1.29, 1.82) is 0 Å². The number of aliphatic imine (C=N–C) groups is 2. The first kappa shape index (κ1) is 25.6. The van der Waals surface area contributed by atoms with Gasteiger partial charge in [-0.1, -0.05) is 53.6 Å². The van der Waals surface area contributed by atoms with Crippen LogP contribution in [0.3, 0.4) is 0 Å². The van der Waals surface area contributed by atoms with E-state index in [0.29, 0.717) is 52.5 Å². The quantitative estimate of drug-likeness (QED) is 0.581. The number of carbonyl (C=O) groups excluding carboxylic acids is 1. The van der Waals surface area contributed by atoms with Crippen molar-refractivity contribution in [2.75, 3.05) is 32.1 Å². The fraction of sp³-hybridized carbons (Fsp3) is 0.296. The number of halogens is 2. The van der Waals surface area contributed by atoms with Crippen LogP contribution >= 0.6 is 23.2 Å². The molecule has 2 aromatic rings. The summed E-state index contributed by atoms with van der Waals surface area (Å²) in [6, 6.07) is 13.1. The lowest BCUT2D eigenvalue weighted by Crippen LogP contribution is -2.37. The number of allylic oxidation sites excluding steroid dienone is 1. The summed E-state index contributed by atoms with van der Waals surface area (Å²) in [5, 5.41) is 15.0. The topological polar surface area (TPSA) is 89.8 Å². The fourth-order valence-corrected chi connectivity index (χ4v) is 5.29. The highest BCUT2D eigenvalue weighted by Gasteiger charge is 2.32. The number of fused-ring (bicyclic) bond motifs is 1. The Morgan fingerprint density at radius 3 is 2.68 bits per heavy atom. The first-order chi connectivity index (χ1) is 17.9. The highest BCUT2D eigenvalue weighted by Crippen LogP contribution is 2.35. The molecular weight excluding hydrogens is 513 g/mol. The number of hydrogen-bond donors (Lipinski definition) is 2. The molecule has 10 heteroatoms. The van der Waals surface area contributed by atoms with Crippen molar-refractivity contribution in [3.8, 4) is 0 Å². The second kappa shape index (κ2) is 11.2. The number of rotatable bonds is 5. The third-order valence-electron chi connectivity index (χ3n) is 6.46. The number of amides is 1. The van der Waals surface area contributed by atoms with Gasteiger partial charge in [0.05, 0.1) is 29.8 Å². The van der Waals surface area contributed by atoms with Crippen molar-refractivity contribution in [1.82, 2.24) is 9.96 Å². The molecule has 2 aromatic carbocycles. The second-order valence-corrected chi connectivity index (χ2v) is 9.85. The zero-order chi connectivity index (χ0) is 25.9. The zero-order valence-corrected chi connectivity index (χ0v) is 21.8. The van der Waals surface area contributed by atoms with Crippen LogP contribution in [0, 0.1) is 0 Å². The first-order valence-corrected chi connectivity index (χ1v) is 12.8. The molecule has 3 heterocycles. The minimum atomic E-state index is -0.421. The summed E-state index contributed by atoms with van der Waals surface area (Å²) in [5.74, 6) is 0.299. The van der Waals surface area contributed by atoms with Gasteiger partial charge in [0.25, 0.3) is 5.91 Å². The molecule has 0 aliphatic carbocycles. The van der Waals surface area contributed by atoms with Crippen LogP contribution < -0.4 is 5.32 Å². The number of hydroxylamine groups is 2. The third-order valence-corrected chi connectivity index (χ3v) is 7.09. The van der Waals surface area contributed by atoms with Gasteiger partial charge in [0.15, 0.2) is 5.84 Å². The van der Waals surface area contributed by atoms with E-state index < -0.39 is 5.91 Å². The molecular formula is C27H27Cl2N5O3. The van der Waals surface area contributed by atoms with Crippen molar-refractivity contribution >= 4 is 52.2 Å². The van der Waals surface area contributed by atoms with Gasteiger partial charge in [0.2, 0.25) is 5.96 Å². The van der Waals surface area contributed by atoms with E-state index in [1.807, 2.05) is 24.3 Å². The Bertz CT molecular complexity index is 1320. The van der Waals surface area contributed by atoms with Crippen LogP contribution in [0.1, 0.15) is 24.0 Å². The lowest BCUT2D eigenvalue weighted by Gasteiger charge is -2.22. The molecule has 192 valence electrons. The number of hydrogen-bond acceptors (Lipinski definition) is 7. The summed E-state index contributed by atoms with van der Waals surface area (Å²) in [5.41, 5.74) is 3.56. The molecule has 3 aliphatic rings. The van der Waals surface area contributed by atoms with Gasteiger partial charge >= 0.3 is 0 Å². The molecule has 1 fully saturated rings. The average molecular weight is 540 g/mol. The van der Waals surface area contributed by atoms with E-state index in [-0.39, 0.29) is 6.10 Å². The lowest BCUT2D eigenvalue weighted by molar-refractivity contribution is -0.148. The minimum absolute atomic E-state index is 0.255.